The maximum atomic E-state index is 5.73. The Morgan fingerprint density at radius 1 is 1.04 bits per heavy atom. The van der Waals surface area contributed by atoms with E-state index in [1.807, 2.05) is 48.7 Å². The molecule has 1 aromatic heterocycles. The Morgan fingerprint density at radius 3 is 2.48 bits per heavy atom. The lowest BCUT2D eigenvalue weighted by Gasteiger charge is -2.08. The Morgan fingerprint density at radius 2 is 1.76 bits per heavy atom. The Balaban J connectivity index is 1.50. The zero-order valence-electron chi connectivity index (χ0n) is 14.0. The molecule has 0 amide bonds. The van der Waals surface area contributed by atoms with Crippen molar-refractivity contribution in [3.8, 4) is 5.75 Å². The summed E-state index contributed by atoms with van der Waals surface area (Å²) in [5.74, 6) is 0.823. The van der Waals surface area contributed by atoms with Crippen LogP contribution in [0, 0.1) is 0 Å². The highest BCUT2D eigenvalue weighted by atomic mass is 32.1. The second-order valence-electron chi connectivity index (χ2n) is 5.48. The number of para-hydroxylation sites is 1. The summed E-state index contributed by atoms with van der Waals surface area (Å²) in [4.78, 5) is 0. The van der Waals surface area contributed by atoms with Crippen molar-refractivity contribution in [2.24, 2.45) is 0 Å². The molecule has 0 saturated carbocycles. The molecule has 0 aliphatic carbocycles. The molecule has 0 aliphatic rings. The molecule has 0 fully saturated rings. The van der Waals surface area contributed by atoms with Gasteiger partial charge in [0.05, 0.1) is 18.1 Å². The molecule has 0 unspecified atom stereocenters. The third kappa shape index (κ3) is 5.06. The van der Waals surface area contributed by atoms with Gasteiger partial charge in [-0.25, -0.2) is 4.68 Å². The number of rotatable bonds is 6. The van der Waals surface area contributed by atoms with Crippen LogP contribution in [0.2, 0.25) is 0 Å². The van der Waals surface area contributed by atoms with Crippen LogP contribution >= 0.6 is 12.2 Å². The number of aryl methyl sites for hydroxylation is 1. The normalized spacial score (nSPS) is 10.3. The van der Waals surface area contributed by atoms with E-state index in [9.17, 15) is 0 Å². The maximum absolute atomic E-state index is 5.73. The van der Waals surface area contributed by atoms with Gasteiger partial charge in [0.2, 0.25) is 0 Å². The number of anilines is 2. The first kappa shape index (κ1) is 17.0. The summed E-state index contributed by atoms with van der Waals surface area (Å²) in [6.07, 6.45) is 4.58. The average Bonchev–Trinajstić information content (AvgIpc) is 3.08. The zero-order valence-corrected chi connectivity index (χ0v) is 14.8. The molecular weight excluding hydrogens is 332 g/mol. The Hall–Kier alpha value is -2.86. The molecular formula is C19H20N4OS. The summed E-state index contributed by atoms with van der Waals surface area (Å²) in [6, 6.07) is 17.9. The van der Waals surface area contributed by atoms with Crippen LogP contribution in [0.4, 0.5) is 11.4 Å². The summed E-state index contributed by atoms with van der Waals surface area (Å²) in [5, 5.41) is 11.0. The van der Waals surface area contributed by atoms with Gasteiger partial charge in [-0.2, -0.15) is 5.10 Å². The highest BCUT2D eigenvalue weighted by molar-refractivity contribution is 7.80. The van der Waals surface area contributed by atoms with Crippen LogP contribution in [-0.4, -0.2) is 14.9 Å². The van der Waals surface area contributed by atoms with Crippen LogP contribution in [0.5, 0.6) is 5.75 Å². The van der Waals surface area contributed by atoms with E-state index in [1.165, 1.54) is 5.56 Å². The quantitative estimate of drug-likeness (QED) is 0.648. The van der Waals surface area contributed by atoms with Crippen LogP contribution < -0.4 is 15.4 Å². The van der Waals surface area contributed by atoms with Gasteiger partial charge in [0.25, 0.3) is 0 Å². The first-order chi connectivity index (χ1) is 12.2. The van der Waals surface area contributed by atoms with E-state index >= 15 is 0 Å². The molecule has 0 radical (unpaired) electrons. The minimum atomic E-state index is 0.339. The fourth-order valence-electron chi connectivity index (χ4n) is 2.28. The predicted molar refractivity (Wildman–Crippen MR) is 105 cm³/mol. The Kier molecular flexibility index (Phi) is 5.64. The Bertz CT molecular complexity index is 815. The van der Waals surface area contributed by atoms with Crippen molar-refractivity contribution in [3.05, 3.63) is 72.6 Å². The van der Waals surface area contributed by atoms with Crippen molar-refractivity contribution in [2.75, 3.05) is 10.6 Å². The van der Waals surface area contributed by atoms with Gasteiger partial charge >= 0.3 is 0 Å². The highest BCUT2D eigenvalue weighted by Gasteiger charge is 2.02. The molecule has 3 rings (SSSR count). The summed E-state index contributed by atoms with van der Waals surface area (Å²) >= 11 is 5.30. The Labute approximate surface area is 152 Å². The van der Waals surface area contributed by atoms with Gasteiger partial charge in [0, 0.05) is 5.69 Å². The van der Waals surface area contributed by atoms with Crippen molar-refractivity contribution in [2.45, 2.75) is 20.1 Å². The van der Waals surface area contributed by atoms with Crippen LogP contribution in [0.15, 0.2) is 67.0 Å². The zero-order chi connectivity index (χ0) is 17.5. The minimum absolute atomic E-state index is 0.339. The van der Waals surface area contributed by atoms with Crippen molar-refractivity contribution in [1.82, 2.24) is 9.78 Å². The number of benzene rings is 2. The number of hydrogen-bond acceptors (Lipinski definition) is 3. The standard InChI is InChI=1S/C19H20N4OS/c1-2-15-8-10-18(11-9-15)24-14-23-13-17(12-20-23)22-19(25)21-16-6-4-3-5-7-16/h3-13H,2,14H2,1H3,(H2,21,22,25). The van der Waals surface area contributed by atoms with Crippen LogP contribution in [0.25, 0.3) is 0 Å². The minimum Gasteiger partial charge on any atom is -0.471 e. The van der Waals surface area contributed by atoms with E-state index in [4.69, 9.17) is 17.0 Å². The molecule has 0 spiro atoms. The molecule has 6 heteroatoms. The predicted octanol–water partition coefficient (Wildman–Crippen LogP) is 4.29. The molecule has 0 atom stereocenters. The van der Waals surface area contributed by atoms with Gasteiger partial charge in [0.1, 0.15) is 5.75 Å². The summed E-state index contributed by atoms with van der Waals surface area (Å²) in [5.41, 5.74) is 3.03. The highest BCUT2D eigenvalue weighted by Crippen LogP contribution is 2.14. The molecule has 0 bridgehead atoms. The van der Waals surface area contributed by atoms with E-state index in [1.54, 1.807) is 10.9 Å². The number of nitrogens with zero attached hydrogens (tertiary/aromatic N) is 2. The number of nitrogens with one attached hydrogen (secondary N) is 2. The van der Waals surface area contributed by atoms with E-state index in [-0.39, 0.29) is 0 Å². The van der Waals surface area contributed by atoms with Gasteiger partial charge in [-0.05, 0) is 48.5 Å². The van der Waals surface area contributed by atoms with Gasteiger partial charge < -0.3 is 15.4 Å². The topological polar surface area (TPSA) is 51.1 Å². The first-order valence-corrected chi connectivity index (χ1v) is 8.51. The second-order valence-corrected chi connectivity index (χ2v) is 5.89. The number of hydrogen-bond donors (Lipinski definition) is 2. The number of thiocarbonyl (C=S) groups is 1. The van der Waals surface area contributed by atoms with Gasteiger partial charge in [-0.1, -0.05) is 37.3 Å². The van der Waals surface area contributed by atoms with E-state index in [2.05, 4.69) is 34.8 Å². The third-order valence-corrected chi connectivity index (χ3v) is 3.82. The number of aromatic nitrogens is 2. The lowest BCUT2D eigenvalue weighted by Crippen LogP contribution is -2.18. The SMILES string of the molecule is CCc1ccc(OCn2cc(NC(=S)Nc3ccccc3)cn2)cc1. The molecule has 3 aromatic rings. The van der Waals surface area contributed by atoms with Crippen molar-refractivity contribution >= 4 is 28.7 Å². The fraction of sp³-hybridized carbons (Fsp3) is 0.158. The lowest BCUT2D eigenvalue weighted by molar-refractivity contribution is 0.221. The molecule has 0 aliphatic heterocycles. The van der Waals surface area contributed by atoms with E-state index < -0.39 is 0 Å². The van der Waals surface area contributed by atoms with Crippen LogP contribution in [0.3, 0.4) is 0 Å². The average molecular weight is 352 g/mol. The molecule has 0 saturated heterocycles. The van der Waals surface area contributed by atoms with Crippen molar-refractivity contribution < 1.29 is 4.74 Å². The maximum Gasteiger partial charge on any atom is 0.180 e. The molecule has 2 N–H and O–H groups in total. The number of ether oxygens (including phenoxy) is 1. The monoisotopic (exact) mass is 352 g/mol. The summed E-state index contributed by atoms with van der Waals surface area (Å²) < 4.78 is 7.44. The third-order valence-electron chi connectivity index (χ3n) is 3.62. The van der Waals surface area contributed by atoms with E-state index in [0.717, 1.165) is 23.5 Å². The molecule has 1 heterocycles. The smallest absolute Gasteiger partial charge is 0.180 e. The van der Waals surface area contributed by atoms with Gasteiger partial charge in [-0.3, -0.25) is 0 Å². The van der Waals surface area contributed by atoms with Gasteiger partial charge in [0.15, 0.2) is 11.8 Å². The second kappa shape index (κ2) is 8.30. The summed E-state index contributed by atoms with van der Waals surface area (Å²) in [7, 11) is 0. The fourth-order valence-corrected chi connectivity index (χ4v) is 2.51. The molecule has 25 heavy (non-hydrogen) atoms. The van der Waals surface area contributed by atoms with Gasteiger partial charge in [-0.15, -0.1) is 0 Å². The van der Waals surface area contributed by atoms with E-state index in [0.29, 0.717) is 11.8 Å². The first-order valence-electron chi connectivity index (χ1n) is 8.10. The molecule has 128 valence electrons. The lowest BCUT2D eigenvalue weighted by atomic mass is 10.2. The van der Waals surface area contributed by atoms with Crippen LogP contribution in [0.1, 0.15) is 12.5 Å². The van der Waals surface area contributed by atoms with Crippen molar-refractivity contribution in [3.63, 3.8) is 0 Å². The molecule has 5 nitrogen and oxygen atoms in total. The molecule has 2 aromatic carbocycles. The summed E-state index contributed by atoms with van der Waals surface area (Å²) in [6.45, 7) is 2.47. The largest absolute Gasteiger partial charge is 0.471 e. The van der Waals surface area contributed by atoms with Crippen LogP contribution in [-0.2, 0) is 13.2 Å². The van der Waals surface area contributed by atoms with Crippen molar-refractivity contribution in [1.29, 1.82) is 0 Å².